The zero-order valence-electron chi connectivity index (χ0n) is 26.2. The fourth-order valence-electron chi connectivity index (χ4n) is 7.15. The molecular weight excluding hydrogens is 581 g/mol. The Kier molecular flexibility index (Phi) is 6.84. The first kappa shape index (κ1) is 27.9. The van der Waals surface area contributed by atoms with E-state index < -0.39 is 0 Å². The number of benzene rings is 7. The molecule has 48 heavy (non-hydrogen) atoms. The van der Waals surface area contributed by atoms with Crippen molar-refractivity contribution < 1.29 is 0 Å². The van der Waals surface area contributed by atoms with Crippen LogP contribution in [0.4, 0.5) is 0 Å². The van der Waals surface area contributed by atoms with Crippen molar-refractivity contribution in [3.05, 3.63) is 182 Å². The van der Waals surface area contributed by atoms with Crippen molar-refractivity contribution >= 4 is 32.3 Å². The smallest absolute Gasteiger partial charge is 0.0701 e. The number of fused-ring (bicyclic) bond motifs is 3. The highest BCUT2D eigenvalue weighted by atomic mass is 14.7. The molecule has 0 bridgehead atoms. The van der Waals surface area contributed by atoms with Gasteiger partial charge in [0.1, 0.15) is 0 Å². The van der Waals surface area contributed by atoms with Crippen molar-refractivity contribution in [1.82, 2.24) is 9.97 Å². The maximum atomic E-state index is 4.59. The Morgan fingerprint density at radius 1 is 0.333 bits per heavy atom. The molecule has 0 atom stereocenters. The molecule has 0 aliphatic heterocycles. The van der Waals surface area contributed by atoms with Gasteiger partial charge in [-0.2, -0.15) is 0 Å². The second kappa shape index (κ2) is 11.8. The molecule has 0 unspecified atom stereocenters. The van der Waals surface area contributed by atoms with Gasteiger partial charge in [-0.1, -0.05) is 140 Å². The SMILES string of the molecule is c1ccc(-c2ccc(-c3c4ccccc4c(-c4ccc(-c5cccnc5)cc4)c4ccc(-c5cccc6ccccc56)cc34)cc2)nc1. The molecule has 0 aliphatic rings. The van der Waals surface area contributed by atoms with E-state index in [1.54, 1.807) is 0 Å². The number of hydrogen-bond donors (Lipinski definition) is 0. The first-order valence-corrected chi connectivity index (χ1v) is 16.3. The lowest BCUT2D eigenvalue weighted by Gasteiger charge is -2.19. The average Bonchev–Trinajstić information content (AvgIpc) is 3.17. The minimum Gasteiger partial charge on any atom is -0.264 e. The molecule has 0 amide bonds. The molecule has 2 aromatic heterocycles. The third-order valence-electron chi connectivity index (χ3n) is 9.43. The monoisotopic (exact) mass is 610 g/mol. The number of hydrogen-bond acceptors (Lipinski definition) is 2. The normalized spacial score (nSPS) is 11.3. The van der Waals surface area contributed by atoms with E-state index in [4.69, 9.17) is 0 Å². The molecule has 0 radical (unpaired) electrons. The van der Waals surface area contributed by atoms with Crippen molar-refractivity contribution in [3.63, 3.8) is 0 Å². The van der Waals surface area contributed by atoms with E-state index in [1.807, 2.05) is 36.8 Å². The molecule has 2 heterocycles. The Hall–Kier alpha value is -6.38. The molecule has 2 nitrogen and oxygen atoms in total. The van der Waals surface area contributed by atoms with Gasteiger partial charge in [-0.3, -0.25) is 9.97 Å². The van der Waals surface area contributed by atoms with Gasteiger partial charge < -0.3 is 0 Å². The molecule has 9 aromatic rings. The molecule has 0 saturated carbocycles. The van der Waals surface area contributed by atoms with E-state index in [0.717, 1.165) is 22.4 Å². The van der Waals surface area contributed by atoms with Crippen LogP contribution in [0.3, 0.4) is 0 Å². The van der Waals surface area contributed by atoms with Crippen LogP contribution in [-0.2, 0) is 0 Å². The maximum absolute atomic E-state index is 4.59. The summed E-state index contributed by atoms with van der Waals surface area (Å²) in [5, 5.41) is 7.44. The third kappa shape index (κ3) is 4.83. The zero-order valence-corrected chi connectivity index (χ0v) is 26.2. The standard InChI is InChI=1S/C46H30N2/c1-2-12-38-32(9-1)10-7-15-39(38)36-25-26-42-43(29-36)46(35-23-19-33(20-24-35)44-16-5-6-28-48-44)41-14-4-3-13-40(41)45(42)34-21-17-31(18-22-34)37-11-8-27-47-30-37/h1-30H. The summed E-state index contributed by atoms with van der Waals surface area (Å²) in [5.41, 5.74) is 11.7. The van der Waals surface area contributed by atoms with E-state index in [1.165, 1.54) is 65.7 Å². The van der Waals surface area contributed by atoms with Crippen LogP contribution in [0.5, 0.6) is 0 Å². The molecule has 0 aliphatic carbocycles. The maximum Gasteiger partial charge on any atom is 0.0701 e. The van der Waals surface area contributed by atoms with Gasteiger partial charge in [0.2, 0.25) is 0 Å². The molecule has 0 saturated heterocycles. The van der Waals surface area contributed by atoms with Crippen molar-refractivity contribution in [1.29, 1.82) is 0 Å². The Balaban J connectivity index is 1.31. The van der Waals surface area contributed by atoms with Crippen LogP contribution in [0.15, 0.2) is 182 Å². The van der Waals surface area contributed by atoms with Gasteiger partial charge in [0.25, 0.3) is 0 Å². The summed E-state index contributed by atoms with van der Waals surface area (Å²) in [6, 6.07) is 59.1. The van der Waals surface area contributed by atoms with Crippen molar-refractivity contribution in [2.75, 3.05) is 0 Å². The first-order chi connectivity index (χ1) is 23.8. The highest BCUT2D eigenvalue weighted by molar-refractivity contribution is 6.22. The average molecular weight is 611 g/mol. The predicted octanol–water partition coefficient (Wildman–Crippen LogP) is 12.3. The van der Waals surface area contributed by atoms with Crippen LogP contribution in [0.1, 0.15) is 0 Å². The summed E-state index contributed by atoms with van der Waals surface area (Å²) >= 11 is 0. The quantitative estimate of drug-likeness (QED) is 0.181. The third-order valence-corrected chi connectivity index (χ3v) is 9.43. The summed E-state index contributed by atoms with van der Waals surface area (Å²) in [5.74, 6) is 0. The van der Waals surface area contributed by atoms with Crippen molar-refractivity contribution in [3.8, 4) is 55.8 Å². The van der Waals surface area contributed by atoms with Crippen LogP contribution in [0, 0.1) is 0 Å². The summed E-state index contributed by atoms with van der Waals surface area (Å²) < 4.78 is 0. The fraction of sp³-hybridized carbons (Fsp3) is 0. The van der Waals surface area contributed by atoms with E-state index in [-0.39, 0.29) is 0 Å². The fourth-order valence-corrected chi connectivity index (χ4v) is 7.15. The molecular formula is C46H30N2. The Labute approximate surface area is 279 Å². The summed E-state index contributed by atoms with van der Waals surface area (Å²) in [6.45, 7) is 0. The molecule has 9 rings (SSSR count). The topological polar surface area (TPSA) is 25.8 Å². The van der Waals surface area contributed by atoms with Crippen LogP contribution < -0.4 is 0 Å². The van der Waals surface area contributed by atoms with Crippen molar-refractivity contribution in [2.24, 2.45) is 0 Å². The second-order valence-corrected chi connectivity index (χ2v) is 12.2. The van der Waals surface area contributed by atoms with Crippen LogP contribution >= 0.6 is 0 Å². The summed E-state index contributed by atoms with van der Waals surface area (Å²) in [4.78, 5) is 8.92. The van der Waals surface area contributed by atoms with Gasteiger partial charge in [0.15, 0.2) is 0 Å². The number of rotatable bonds is 5. The largest absolute Gasteiger partial charge is 0.264 e. The van der Waals surface area contributed by atoms with Gasteiger partial charge in [0.05, 0.1) is 5.69 Å². The van der Waals surface area contributed by atoms with Gasteiger partial charge in [-0.15, -0.1) is 0 Å². The minimum absolute atomic E-state index is 0.974. The van der Waals surface area contributed by atoms with Crippen LogP contribution in [-0.4, -0.2) is 9.97 Å². The van der Waals surface area contributed by atoms with E-state index in [0.29, 0.717) is 0 Å². The predicted molar refractivity (Wildman–Crippen MR) is 202 cm³/mol. The minimum atomic E-state index is 0.974. The number of aromatic nitrogens is 2. The number of nitrogens with zero attached hydrogens (tertiary/aromatic N) is 2. The Morgan fingerprint density at radius 2 is 0.938 bits per heavy atom. The second-order valence-electron chi connectivity index (χ2n) is 12.2. The lowest BCUT2D eigenvalue weighted by molar-refractivity contribution is 1.33. The molecule has 2 heteroatoms. The van der Waals surface area contributed by atoms with E-state index in [2.05, 4.69) is 156 Å². The first-order valence-electron chi connectivity index (χ1n) is 16.3. The van der Waals surface area contributed by atoms with Crippen LogP contribution in [0.2, 0.25) is 0 Å². The van der Waals surface area contributed by atoms with Gasteiger partial charge in [-0.25, -0.2) is 0 Å². The zero-order chi connectivity index (χ0) is 31.9. The number of pyridine rings is 2. The molecule has 224 valence electrons. The molecule has 0 spiro atoms. The van der Waals surface area contributed by atoms with Gasteiger partial charge in [0, 0.05) is 24.2 Å². The van der Waals surface area contributed by atoms with Crippen molar-refractivity contribution in [2.45, 2.75) is 0 Å². The summed E-state index contributed by atoms with van der Waals surface area (Å²) in [7, 11) is 0. The van der Waals surface area contributed by atoms with Crippen LogP contribution in [0.25, 0.3) is 88.1 Å². The molecule has 7 aromatic carbocycles. The summed E-state index contributed by atoms with van der Waals surface area (Å²) in [6.07, 6.45) is 5.58. The van der Waals surface area contributed by atoms with E-state index >= 15 is 0 Å². The molecule has 0 fully saturated rings. The Bertz CT molecular complexity index is 2570. The van der Waals surface area contributed by atoms with Gasteiger partial charge >= 0.3 is 0 Å². The highest BCUT2D eigenvalue weighted by Crippen LogP contribution is 2.45. The lowest BCUT2D eigenvalue weighted by atomic mass is 9.84. The highest BCUT2D eigenvalue weighted by Gasteiger charge is 2.18. The van der Waals surface area contributed by atoms with E-state index in [9.17, 15) is 0 Å². The molecule has 0 N–H and O–H groups in total. The lowest BCUT2D eigenvalue weighted by Crippen LogP contribution is -1.92. The van der Waals surface area contributed by atoms with Gasteiger partial charge in [-0.05, 0) is 101 Å². The Morgan fingerprint density at radius 3 is 1.65 bits per heavy atom.